The third-order valence-corrected chi connectivity index (χ3v) is 3.46. The Morgan fingerprint density at radius 2 is 2.19 bits per heavy atom. The van der Waals surface area contributed by atoms with E-state index in [-0.39, 0.29) is 12.5 Å². The summed E-state index contributed by atoms with van der Waals surface area (Å²) >= 11 is 1.52. The number of hydrogen-bond acceptors (Lipinski definition) is 4. The molecule has 0 unspecified atom stereocenters. The van der Waals surface area contributed by atoms with Crippen LogP contribution >= 0.6 is 11.8 Å². The zero-order chi connectivity index (χ0) is 15.1. The molecule has 0 aliphatic heterocycles. The normalized spacial score (nSPS) is 9.62. The van der Waals surface area contributed by atoms with Crippen molar-refractivity contribution in [1.29, 1.82) is 0 Å². The van der Waals surface area contributed by atoms with Crippen molar-refractivity contribution < 1.29 is 9.90 Å². The van der Waals surface area contributed by atoms with Crippen molar-refractivity contribution in [2.75, 3.05) is 18.2 Å². The van der Waals surface area contributed by atoms with E-state index in [4.69, 9.17) is 5.11 Å². The lowest BCUT2D eigenvalue weighted by molar-refractivity contribution is 0.102. The molecule has 0 radical (unpaired) electrons. The second kappa shape index (κ2) is 7.48. The van der Waals surface area contributed by atoms with E-state index in [1.165, 1.54) is 11.8 Å². The third-order valence-electron chi connectivity index (χ3n) is 2.66. The van der Waals surface area contributed by atoms with Gasteiger partial charge in [-0.1, -0.05) is 24.0 Å². The van der Waals surface area contributed by atoms with Gasteiger partial charge in [0.25, 0.3) is 5.91 Å². The predicted molar refractivity (Wildman–Crippen MR) is 84.4 cm³/mol. The van der Waals surface area contributed by atoms with Crippen molar-refractivity contribution in [3.8, 4) is 11.8 Å². The quantitative estimate of drug-likeness (QED) is 0.675. The molecule has 2 N–H and O–H groups in total. The fourth-order valence-corrected chi connectivity index (χ4v) is 2.33. The van der Waals surface area contributed by atoms with Gasteiger partial charge in [-0.05, 0) is 30.5 Å². The molecule has 4 nitrogen and oxygen atoms in total. The summed E-state index contributed by atoms with van der Waals surface area (Å²) in [5.41, 5.74) is 1.30. The lowest BCUT2D eigenvalue weighted by Crippen LogP contribution is -2.13. The van der Waals surface area contributed by atoms with Crippen LogP contribution in [0.25, 0.3) is 0 Å². The van der Waals surface area contributed by atoms with Crippen LogP contribution in [0.3, 0.4) is 0 Å². The molecule has 106 valence electrons. The Hall–Kier alpha value is -2.29. The van der Waals surface area contributed by atoms with Crippen molar-refractivity contribution >= 4 is 23.5 Å². The number of carbonyl (C=O) groups is 1. The lowest BCUT2D eigenvalue weighted by atomic mass is 10.2. The smallest absolute Gasteiger partial charge is 0.257 e. The highest BCUT2D eigenvalue weighted by Crippen LogP contribution is 2.20. The van der Waals surface area contributed by atoms with E-state index in [2.05, 4.69) is 22.1 Å². The van der Waals surface area contributed by atoms with Gasteiger partial charge in [0.05, 0.1) is 5.56 Å². The number of rotatable bonds is 3. The topological polar surface area (TPSA) is 62.2 Å². The number of thioether (sulfide) groups is 1. The molecule has 2 rings (SSSR count). The summed E-state index contributed by atoms with van der Waals surface area (Å²) in [7, 11) is 0. The van der Waals surface area contributed by atoms with Gasteiger partial charge in [-0.2, -0.15) is 0 Å². The summed E-state index contributed by atoms with van der Waals surface area (Å²) in [6, 6.07) is 10.8. The summed E-state index contributed by atoms with van der Waals surface area (Å²) in [6.07, 6.45) is 3.49. The first-order valence-corrected chi connectivity index (χ1v) is 7.47. The fraction of sp³-hybridized carbons (Fsp3) is 0.125. The maximum Gasteiger partial charge on any atom is 0.257 e. The van der Waals surface area contributed by atoms with Gasteiger partial charge in [-0.25, -0.2) is 4.98 Å². The number of nitrogens with one attached hydrogen (secondary N) is 1. The van der Waals surface area contributed by atoms with Crippen LogP contribution in [0.1, 0.15) is 15.9 Å². The highest BCUT2D eigenvalue weighted by Gasteiger charge is 2.11. The molecular weight excluding hydrogens is 284 g/mol. The molecule has 0 saturated carbocycles. The van der Waals surface area contributed by atoms with Crippen LogP contribution in [0, 0.1) is 11.8 Å². The molecule has 21 heavy (non-hydrogen) atoms. The van der Waals surface area contributed by atoms with Crippen LogP contribution in [0.15, 0.2) is 47.5 Å². The molecule has 1 aromatic carbocycles. The number of anilines is 1. The van der Waals surface area contributed by atoms with Gasteiger partial charge in [0, 0.05) is 16.7 Å². The minimum Gasteiger partial charge on any atom is -0.384 e. The van der Waals surface area contributed by atoms with Crippen molar-refractivity contribution in [2.24, 2.45) is 0 Å². The van der Waals surface area contributed by atoms with Gasteiger partial charge in [-0.15, -0.1) is 11.8 Å². The van der Waals surface area contributed by atoms with Crippen LogP contribution in [0.4, 0.5) is 5.82 Å². The number of carbonyl (C=O) groups excluding carboxylic acids is 1. The first kappa shape index (κ1) is 15.1. The van der Waals surface area contributed by atoms with Crippen LogP contribution in [-0.2, 0) is 0 Å². The van der Waals surface area contributed by atoms with Gasteiger partial charge in [0.15, 0.2) is 0 Å². The molecule has 0 aliphatic carbocycles. The highest BCUT2D eigenvalue weighted by atomic mass is 32.2. The molecular formula is C16H14N2O2S. The predicted octanol–water partition coefficient (Wildman–Crippen LogP) is 2.40. The van der Waals surface area contributed by atoms with E-state index < -0.39 is 0 Å². The minimum absolute atomic E-state index is 0.203. The van der Waals surface area contributed by atoms with E-state index in [0.29, 0.717) is 16.9 Å². The molecule has 1 aromatic heterocycles. The summed E-state index contributed by atoms with van der Waals surface area (Å²) < 4.78 is 0. The molecule has 1 amide bonds. The van der Waals surface area contributed by atoms with E-state index in [1.807, 2.05) is 24.5 Å². The molecule has 0 fully saturated rings. The Kier molecular flexibility index (Phi) is 5.38. The summed E-state index contributed by atoms with van der Waals surface area (Å²) in [4.78, 5) is 17.3. The second-order valence-corrected chi connectivity index (χ2v) is 4.89. The van der Waals surface area contributed by atoms with Crippen LogP contribution < -0.4 is 5.32 Å². The molecule has 0 spiro atoms. The Morgan fingerprint density at radius 3 is 2.95 bits per heavy atom. The number of aromatic nitrogens is 1. The van der Waals surface area contributed by atoms with E-state index in [0.717, 1.165) is 4.90 Å². The summed E-state index contributed by atoms with van der Waals surface area (Å²) in [6.45, 7) is -0.203. The molecule has 0 saturated heterocycles. The maximum atomic E-state index is 12.3. The van der Waals surface area contributed by atoms with E-state index in [1.54, 1.807) is 24.4 Å². The molecule has 0 bridgehead atoms. The average molecular weight is 298 g/mol. The number of hydrogen-bond donors (Lipinski definition) is 2. The van der Waals surface area contributed by atoms with Gasteiger partial charge < -0.3 is 10.4 Å². The van der Waals surface area contributed by atoms with Crippen molar-refractivity contribution in [1.82, 2.24) is 4.98 Å². The van der Waals surface area contributed by atoms with Crippen molar-refractivity contribution in [3.63, 3.8) is 0 Å². The molecule has 0 aliphatic rings. The monoisotopic (exact) mass is 298 g/mol. The van der Waals surface area contributed by atoms with Crippen LogP contribution in [0.2, 0.25) is 0 Å². The number of aliphatic hydroxyl groups excluding tert-OH is 1. The standard InChI is InChI=1S/C16H14N2O2S/c1-21-14-7-3-2-6-13(14)16(20)18-15-11-12(5-4-10-19)8-9-17-15/h2-3,6-9,11,19H,10H2,1H3,(H,17,18,20). The van der Waals surface area contributed by atoms with E-state index >= 15 is 0 Å². The number of aliphatic hydroxyl groups is 1. The largest absolute Gasteiger partial charge is 0.384 e. The highest BCUT2D eigenvalue weighted by molar-refractivity contribution is 7.98. The zero-order valence-corrected chi connectivity index (χ0v) is 12.3. The zero-order valence-electron chi connectivity index (χ0n) is 11.5. The maximum absolute atomic E-state index is 12.3. The summed E-state index contributed by atoms with van der Waals surface area (Å²) in [5.74, 6) is 5.55. The first-order valence-electron chi connectivity index (χ1n) is 6.24. The first-order chi connectivity index (χ1) is 10.2. The van der Waals surface area contributed by atoms with Gasteiger partial charge >= 0.3 is 0 Å². The molecule has 2 aromatic rings. The number of benzene rings is 1. The number of amides is 1. The lowest BCUT2D eigenvalue weighted by Gasteiger charge is -2.08. The Bertz CT molecular complexity index is 705. The molecule has 1 heterocycles. The molecule has 0 atom stereocenters. The Morgan fingerprint density at radius 1 is 1.38 bits per heavy atom. The van der Waals surface area contributed by atoms with Crippen molar-refractivity contribution in [2.45, 2.75) is 4.90 Å². The Balaban J connectivity index is 2.20. The summed E-state index contributed by atoms with van der Waals surface area (Å²) in [5, 5.41) is 11.4. The van der Waals surface area contributed by atoms with Gasteiger partial charge in [0.2, 0.25) is 0 Å². The SMILES string of the molecule is CSc1ccccc1C(=O)Nc1cc(C#CCO)ccn1. The van der Waals surface area contributed by atoms with Crippen LogP contribution in [0.5, 0.6) is 0 Å². The minimum atomic E-state index is -0.209. The second-order valence-electron chi connectivity index (χ2n) is 4.04. The average Bonchev–Trinajstić information content (AvgIpc) is 2.53. The number of pyridine rings is 1. The van der Waals surface area contributed by atoms with E-state index in [9.17, 15) is 4.79 Å². The van der Waals surface area contributed by atoms with Gasteiger partial charge in [0.1, 0.15) is 12.4 Å². The van der Waals surface area contributed by atoms with Gasteiger partial charge in [-0.3, -0.25) is 4.79 Å². The molecule has 5 heteroatoms. The third kappa shape index (κ3) is 4.09. The fourth-order valence-electron chi connectivity index (χ4n) is 1.73. The number of nitrogens with zero attached hydrogens (tertiary/aromatic N) is 1. The van der Waals surface area contributed by atoms with Crippen LogP contribution in [-0.4, -0.2) is 28.9 Å². The van der Waals surface area contributed by atoms with Crippen molar-refractivity contribution in [3.05, 3.63) is 53.7 Å². The Labute approximate surface area is 127 Å².